The highest BCUT2D eigenvalue weighted by Crippen LogP contribution is 2.37. The molecule has 0 aromatic heterocycles. The zero-order chi connectivity index (χ0) is 25.2. The number of hydrogen-bond acceptors (Lipinski definition) is 6. The molecule has 182 valence electrons. The molecule has 3 aromatic rings. The normalized spacial score (nSPS) is 10.6. The van der Waals surface area contributed by atoms with Gasteiger partial charge in [-0.05, 0) is 77.3 Å². The van der Waals surface area contributed by atoms with E-state index < -0.39 is 11.8 Å². The summed E-state index contributed by atoms with van der Waals surface area (Å²) in [5.41, 5.74) is 5.53. The van der Waals surface area contributed by atoms with Crippen molar-refractivity contribution < 1.29 is 23.8 Å². The van der Waals surface area contributed by atoms with Crippen molar-refractivity contribution >= 4 is 39.6 Å². The third-order valence-corrected chi connectivity index (χ3v) is 5.36. The van der Waals surface area contributed by atoms with E-state index in [1.165, 1.54) is 11.8 Å². The molecule has 0 aliphatic heterocycles. The molecule has 35 heavy (non-hydrogen) atoms. The second-order valence-electron chi connectivity index (χ2n) is 7.42. The van der Waals surface area contributed by atoms with Crippen molar-refractivity contribution in [3.05, 3.63) is 81.8 Å². The number of amides is 2. The molecule has 0 aliphatic carbocycles. The number of nitrogens with one attached hydrogen (secondary N) is 2. The minimum Gasteiger partial charge on any atom is -0.497 e. The molecular weight excluding hydrogens is 514 g/mol. The Morgan fingerprint density at radius 1 is 1.00 bits per heavy atom. The number of carbonyl (C=O) groups is 2. The smallest absolute Gasteiger partial charge is 0.329 e. The summed E-state index contributed by atoms with van der Waals surface area (Å²) in [6.45, 7) is 4.73. The second-order valence-corrected chi connectivity index (χ2v) is 8.27. The molecule has 2 N–H and O–H groups in total. The lowest BCUT2D eigenvalue weighted by Gasteiger charge is -2.15. The van der Waals surface area contributed by atoms with Gasteiger partial charge in [0.25, 0.3) is 0 Å². The Morgan fingerprint density at radius 3 is 2.37 bits per heavy atom. The highest BCUT2D eigenvalue weighted by molar-refractivity contribution is 9.10. The van der Waals surface area contributed by atoms with Crippen molar-refractivity contribution in [1.29, 1.82) is 0 Å². The largest absolute Gasteiger partial charge is 0.497 e. The van der Waals surface area contributed by atoms with E-state index in [0.717, 1.165) is 5.56 Å². The molecule has 0 bridgehead atoms. The van der Waals surface area contributed by atoms with E-state index in [9.17, 15) is 9.59 Å². The molecule has 0 radical (unpaired) electrons. The summed E-state index contributed by atoms with van der Waals surface area (Å²) in [7, 11) is 1.54. The number of aryl methyl sites for hydroxylation is 1. The maximum Gasteiger partial charge on any atom is 0.329 e. The van der Waals surface area contributed by atoms with Gasteiger partial charge >= 0.3 is 11.8 Å². The Bertz CT molecular complexity index is 1190. The minimum absolute atomic E-state index is 0.381. The van der Waals surface area contributed by atoms with Crippen molar-refractivity contribution in [3.8, 4) is 17.2 Å². The van der Waals surface area contributed by atoms with Crippen LogP contribution in [0.4, 0.5) is 5.69 Å². The molecule has 2 amide bonds. The molecule has 0 fully saturated rings. The first-order valence-corrected chi connectivity index (χ1v) is 11.6. The van der Waals surface area contributed by atoms with E-state index in [0.29, 0.717) is 46.2 Å². The van der Waals surface area contributed by atoms with E-state index >= 15 is 0 Å². The summed E-state index contributed by atoms with van der Waals surface area (Å²) >= 11 is 3.52. The van der Waals surface area contributed by atoms with Crippen LogP contribution in [0, 0.1) is 6.92 Å². The number of halogens is 1. The van der Waals surface area contributed by atoms with Crippen LogP contribution in [-0.2, 0) is 16.2 Å². The first-order chi connectivity index (χ1) is 16.9. The summed E-state index contributed by atoms with van der Waals surface area (Å²) in [5.74, 6) is -0.0183. The number of hydrogen-bond donors (Lipinski definition) is 2. The molecule has 0 unspecified atom stereocenters. The van der Waals surface area contributed by atoms with Crippen molar-refractivity contribution in [3.63, 3.8) is 0 Å². The van der Waals surface area contributed by atoms with E-state index in [1.54, 1.807) is 43.5 Å². The molecule has 8 nitrogen and oxygen atoms in total. The van der Waals surface area contributed by atoms with Crippen LogP contribution in [0.1, 0.15) is 23.6 Å². The number of nitrogens with zero attached hydrogens (tertiary/aromatic N) is 1. The summed E-state index contributed by atoms with van der Waals surface area (Å²) in [6.07, 6.45) is 1.41. The van der Waals surface area contributed by atoms with Crippen LogP contribution in [0.2, 0.25) is 0 Å². The third-order valence-electron chi connectivity index (χ3n) is 4.77. The van der Waals surface area contributed by atoms with Gasteiger partial charge in [0.2, 0.25) is 0 Å². The van der Waals surface area contributed by atoms with Gasteiger partial charge in [-0.3, -0.25) is 9.59 Å². The lowest BCUT2D eigenvalue weighted by Crippen LogP contribution is -2.32. The first-order valence-electron chi connectivity index (χ1n) is 10.8. The van der Waals surface area contributed by atoms with Gasteiger partial charge in [0.15, 0.2) is 11.5 Å². The summed E-state index contributed by atoms with van der Waals surface area (Å²) in [5, 5.41) is 6.37. The summed E-state index contributed by atoms with van der Waals surface area (Å²) < 4.78 is 17.5. The maximum atomic E-state index is 12.1. The van der Waals surface area contributed by atoms with Crippen molar-refractivity contribution in [2.75, 3.05) is 19.0 Å². The zero-order valence-corrected chi connectivity index (χ0v) is 21.2. The average Bonchev–Trinajstić information content (AvgIpc) is 2.85. The van der Waals surface area contributed by atoms with E-state index in [4.69, 9.17) is 14.2 Å². The Hall–Kier alpha value is -3.85. The summed E-state index contributed by atoms with van der Waals surface area (Å²) in [4.78, 5) is 24.2. The Balaban J connectivity index is 1.62. The molecule has 0 aliphatic rings. The highest BCUT2D eigenvalue weighted by Gasteiger charge is 2.14. The van der Waals surface area contributed by atoms with Crippen molar-refractivity contribution in [2.45, 2.75) is 20.5 Å². The number of carbonyl (C=O) groups excluding carboxylic acids is 2. The molecule has 0 atom stereocenters. The molecule has 0 spiro atoms. The van der Waals surface area contributed by atoms with Crippen LogP contribution in [0.25, 0.3) is 0 Å². The number of rotatable bonds is 9. The van der Waals surface area contributed by atoms with Gasteiger partial charge < -0.3 is 19.5 Å². The number of anilines is 1. The highest BCUT2D eigenvalue weighted by atomic mass is 79.9. The number of benzene rings is 3. The van der Waals surface area contributed by atoms with Gasteiger partial charge in [-0.25, -0.2) is 5.43 Å². The minimum atomic E-state index is -0.904. The van der Waals surface area contributed by atoms with Crippen LogP contribution < -0.4 is 25.0 Å². The Morgan fingerprint density at radius 2 is 1.71 bits per heavy atom. The third kappa shape index (κ3) is 7.58. The summed E-state index contributed by atoms with van der Waals surface area (Å²) in [6, 6.07) is 18.2. The molecule has 3 aromatic carbocycles. The van der Waals surface area contributed by atoms with Crippen molar-refractivity contribution in [2.24, 2.45) is 5.10 Å². The molecule has 0 saturated heterocycles. The Kier molecular flexibility index (Phi) is 9.25. The Labute approximate surface area is 212 Å². The number of hydrazone groups is 1. The van der Waals surface area contributed by atoms with E-state index in [-0.39, 0.29) is 0 Å². The molecule has 0 heterocycles. The van der Waals surface area contributed by atoms with Crippen LogP contribution >= 0.6 is 15.9 Å². The SMILES string of the molecule is CCOc1cc(/C=N/NC(=O)C(=O)Nc2ccc(OC)cc2)cc(Br)c1OCc1ccc(C)cc1. The predicted octanol–water partition coefficient (Wildman–Crippen LogP) is 4.83. The van der Waals surface area contributed by atoms with Gasteiger partial charge in [-0.15, -0.1) is 0 Å². The van der Waals surface area contributed by atoms with Gasteiger partial charge in [-0.1, -0.05) is 29.8 Å². The van der Waals surface area contributed by atoms with Gasteiger partial charge in [0, 0.05) is 5.69 Å². The lowest BCUT2D eigenvalue weighted by atomic mass is 10.2. The lowest BCUT2D eigenvalue weighted by molar-refractivity contribution is -0.136. The predicted molar refractivity (Wildman–Crippen MR) is 138 cm³/mol. The zero-order valence-electron chi connectivity index (χ0n) is 19.6. The fraction of sp³-hybridized carbons (Fsp3) is 0.192. The number of methoxy groups -OCH3 is 1. The van der Waals surface area contributed by atoms with Gasteiger partial charge in [0.1, 0.15) is 12.4 Å². The van der Waals surface area contributed by atoms with Gasteiger partial charge in [-0.2, -0.15) is 5.10 Å². The number of ether oxygens (including phenoxy) is 3. The van der Waals surface area contributed by atoms with Crippen LogP contribution in [0.3, 0.4) is 0 Å². The second kappa shape index (κ2) is 12.6. The molecule has 9 heteroatoms. The average molecular weight is 540 g/mol. The fourth-order valence-electron chi connectivity index (χ4n) is 2.98. The fourth-order valence-corrected chi connectivity index (χ4v) is 3.56. The maximum absolute atomic E-state index is 12.1. The van der Waals surface area contributed by atoms with Crippen molar-refractivity contribution in [1.82, 2.24) is 5.43 Å². The standard InChI is InChI=1S/C26H26BrN3O5/c1-4-34-23-14-19(13-22(27)24(23)35-16-18-7-5-17(2)6-8-18)15-28-30-26(32)25(31)29-20-9-11-21(33-3)12-10-20/h5-15H,4,16H2,1-3H3,(H,29,31)(H,30,32)/b28-15+. The first kappa shape index (κ1) is 25.8. The molecule has 3 rings (SSSR count). The van der Waals surface area contributed by atoms with Crippen LogP contribution in [0.15, 0.2) is 70.2 Å². The van der Waals surface area contributed by atoms with Crippen LogP contribution in [0.5, 0.6) is 17.2 Å². The van der Waals surface area contributed by atoms with Crippen LogP contribution in [-0.4, -0.2) is 31.7 Å². The van der Waals surface area contributed by atoms with Gasteiger partial charge in [0.05, 0.1) is 24.4 Å². The monoisotopic (exact) mass is 539 g/mol. The quantitative estimate of drug-likeness (QED) is 0.230. The van der Waals surface area contributed by atoms with E-state index in [1.807, 2.05) is 38.1 Å². The van der Waals surface area contributed by atoms with E-state index in [2.05, 4.69) is 31.8 Å². The topological polar surface area (TPSA) is 98.2 Å². The molecular formula is C26H26BrN3O5. The molecule has 0 saturated carbocycles.